The molecule has 2 amide bonds. The second-order valence-corrected chi connectivity index (χ2v) is 17.5. The van der Waals surface area contributed by atoms with Gasteiger partial charge in [0.05, 0.1) is 75.9 Å². The van der Waals surface area contributed by atoms with Crippen molar-refractivity contribution in [2.24, 2.45) is 15.9 Å². The fourth-order valence-electron chi connectivity index (χ4n) is 8.65. The van der Waals surface area contributed by atoms with E-state index < -0.39 is 12.0 Å². The zero-order valence-electron chi connectivity index (χ0n) is 40.2. The maximum absolute atomic E-state index is 13.4. The molecule has 14 heteroatoms. The first-order valence-electron chi connectivity index (χ1n) is 23.7. The van der Waals surface area contributed by atoms with Gasteiger partial charge in [0.1, 0.15) is 19.3 Å². The number of hydrogen-bond acceptors (Lipinski definition) is 10. The molecule has 2 unspecified atom stereocenters. The Kier molecular flexibility index (Phi) is 18.8. The number of nitrogens with one attached hydrogen (secondary N) is 2. The summed E-state index contributed by atoms with van der Waals surface area (Å²) in [6.45, 7) is 2.58. The van der Waals surface area contributed by atoms with Gasteiger partial charge in [-0.05, 0) is 58.7 Å². The van der Waals surface area contributed by atoms with Crippen LogP contribution in [0.4, 0.5) is 11.4 Å². The topological polar surface area (TPSA) is 138 Å². The Hall–Kier alpha value is -6.58. The van der Waals surface area contributed by atoms with Crippen LogP contribution in [0.2, 0.25) is 10.0 Å². The molecule has 6 aromatic carbocycles. The highest BCUT2D eigenvalue weighted by Crippen LogP contribution is 2.54. The van der Waals surface area contributed by atoms with Crippen molar-refractivity contribution >= 4 is 74.7 Å². The number of halogens is 2. The van der Waals surface area contributed by atoms with Crippen LogP contribution >= 0.6 is 23.2 Å². The van der Waals surface area contributed by atoms with Crippen molar-refractivity contribution in [1.82, 2.24) is 0 Å². The average Bonchev–Trinajstić information content (AvgIpc) is 4.00. The lowest BCUT2D eigenvalue weighted by Gasteiger charge is -2.27. The maximum atomic E-state index is 13.4. The van der Waals surface area contributed by atoms with Crippen molar-refractivity contribution in [2.45, 2.75) is 6.04 Å². The lowest BCUT2D eigenvalue weighted by Crippen LogP contribution is -2.23. The number of ether oxygens (including phenoxy) is 6. The minimum absolute atomic E-state index is 0.179. The van der Waals surface area contributed by atoms with Crippen molar-refractivity contribution in [1.29, 1.82) is 0 Å². The van der Waals surface area contributed by atoms with E-state index in [0.717, 1.165) is 50.4 Å². The van der Waals surface area contributed by atoms with Gasteiger partial charge in [-0.15, -0.1) is 0 Å². The zero-order chi connectivity index (χ0) is 50.1. The number of methoxy groups -OCH3 is 2. The van der Waals surface area contributed by atoms with Gasteiger partial charge in [0.2, 0.25) is 11.8 Å². The van der Waals surface area contributed by atoms with Gasteiger partial charge in [0, 0.05) is 63.5 Å². The van der Waals surface area contributed by atoms with E-state index in [9.17, 15) is 9.59 Å². The molecule has 0 saturated heterocycles. The Balaban J connectivity index is 1.27. The molecule has 2 N–H and O–H groups in total. The summed E-state index contributed by atoms with van der Waals surface area (Å²) in [6.07, 6.45) is 0. The van der Waals surface area contributed by atoms with E-state index in [1.165, 1.54) is 0 Å². The van der Waals surface area contributed by atoms with Gasteiger partial charge in [-0.1, -0.05) is 145 Å². The molecule has 2 aliphatic heterocycles. The molecule has 8 rings (SSSR count). The van der Waals surface area contributed by atoms with Crippen LogP contribution in [0.25, 0.3) is 16.8 Å². The summed E-state index contributed by atoms with van der Waals surface area (Å²) in [5.41, 5.74) is 10.8. The number of amides is 2. The smallest absolute Gasteiger partial charge is 0.250 e. The van der Waals surface area contributed by atoms with E-state index in [0.29, 0.717) is 77.9 Å². The fraction of sp³-hybridized carbons (Fsp3) is 0.241. The zero-order valence-corrected chi connectivity index (χ0v) is 41.7. The Morgan fingerprint density at radius 2 is 1.00 bits per heavy atom. The standard InChI is InChI=1S/C58H56Cl2N4O8/c1-67-27-29-69-31-33-71-37-49(65)61-43-23-25-47(59)45(35-43)57-53(51(39-15-7-3-8-16-39)55(63-57)41-19-11-5-12-20-41)54-52(40-17-9-4-10-18-40)56(42-21-13-6-14-22-42)64-58(54)46-36-44(24-26-48(46)60)62-50(66)38-72-34-32-70-30-28-68-2/h3-26,35-36,53,58H,27-34,37-38H2,1-2H3,(H,61,65)(H,62,66). The van der Waals surface area contributed by atoms with Gasteiger partial charge in [0.25, 0.3) is 0 Å². The van der Waals surface area contributed by atoms with Gasteiger partial charge in [0.15, 0.2) is 0 Å². The highest BCUT2D eigenvalue weighted by Gasteiger charge is 2.44. The minimum atomic E-state index is -0.721. The Bertz CT molecular complexity index is 2910. The fourth-order valence-corrected chi connectivity index (χ4v) is 9.09. The van der Waals surface area contributed by atoms with E-state index >= 15 is 0 Å². The highest BCUT2D eigenvalue weighted by molar-refractivity contribution is 6.39. The van der Waals surface area contributed by atoms with Gasteiger partial charge in [-0.3, -0.25) is 19.6 Å². The van der Waals surface area contributed by atoms with Crippen LogP contribution in [-0.4, -0.2) is 104 Å². The van der Waals surface area contributed by atoms with E-state index in [1.807, 2.05) is 97.1 Å². The summed E-state index contributed by atoms with van der Waals surface area (Å²) >= 11 is 14.7. The Morgan fingerprint density at radius 1 is 0.528 bits per heavy atom. The maximum Gasteiger partial charge on any atom is 0.250 e. The van der Waals surface area contributed by atoms with E-state index in [1.54, 1.807) is 38.5 Å². The van der Waals surface area contributed by atoms with Gasteiger partial charge in [-0.2, -0.15) is 0 Å². The molecule has 72 heavy (non-hydrogen) atoms. The van der Waals surface area contributed by atoms with E-state index in [-0.39, 0.29) is 38.2 Å². The molecule has 2 aliphatic rings. The van der Waals surface area contributed by atoms with E-state index in [2.05, 4.69) is 47.0 Å². The van der Waals surface area contributed by atoms with Crippen molar-refractivity contribution < 1.29 is 38.0 Å². The van der Waals surface area contributed by atoms with Crippen LogP contribution in [0.1, 0.15) is 39.4 Å². The third kappa shape index (κ3) is 13.1. The monoisotopic (exact) mass is 1010 g/mol. The molecule has 2 atom stereocenters. The molecule has 0 aliphatic carbocycles. The average molecular weight is 1010 g/mol. The van der Waals surface area contributed by atoms with Crippen LogP contribution in [0, 0.1) is 5.92 Å². The Morgan fingerprint density at radius 3 is 1.56 bits per heavy atom. The third-order valence-electron chi connectivity index (χ3n) is 11.9. The van der Waals surface area contributed by atoms with Crippen LogP contribution in [0.5, 0.6) is 0 Å². The molecular formula is C58H56Cl2N4O8. The predicted molar refractivity (Wildman–Crippen MR) is 286 cm³/mol. The molecule has 0 radical (unpaired) electrons. The summed E-state index contributed by atoms with van der Waals surface area (Å²) in [5, 5.41) is 6.90. The largest absolute Gasteiger partial charge is 0.382 e. The first-order valence-corrected chi connectivity index (χ1v) is 24.4. The molecule has 2 heterocycles. The quantitative estimate of drug-likeness (QED) is 0.0541. The lowest BCUT2D eigenvalue weighted by molar-refractivity contribution is -0.121. The summed E-state index contributed by atoms with van der Waals surface area (Å²) in [5.74, 6) is -1.30. The molecule has 0 bridgehead atoms. The van der Waals surface area contributed by atoms with Crippen LogP contribution in [-0.2, 0) is 38.0 Å². The first-order chi connectivity index (χ1) is 35.3. The van der Waals surface area contributed by atoms with Crippen molar-refractivity contribution in [2.75, 3.05) is 90.9 Å². The second-order valence-electron chi connectivity index (χ2n) is 16.7. The first kappa shape index (κ1) is 51.8. The normalized spacial score (nSPS) is 15.4. The number of benzene rings is 6. The van der Waals surface area contributed by atoms with Crippen LogP contribution < -0.4 is 10.6 Å². The number of anilines is 2. The van der Waals surface area contributed by atoms with E-state index in [4.69, 9.17) is 61.6 Å². The number of nitrogens with zero attached hydrogens (tertiary/aromatic N) is 2. The van der Waals surface area contributed by atoms with Crippen LogP contribution in [0.15, 0.2) is 173 Å². The molecular weight excluding hydrogens is 952 g/mol. The van der Waals surface area contributed by atoms with Crippen molar-refractivity contribution in [3.05, 3.63) is 207 Å². The summed E-state index contributed by atoms with van der Waals surface area (Å²) in [4.78, 5) is 38.0. The van der Waals surface area contributed by atoms with Crippen LogP contribution in [0.3, 0.4) is 0 Å². The molecule has 0 spiro atoms. The predicted octanol–water partition coefficient (Wildman–Crippen LogP) is 10.9. The Labute approximate surface area is 430 Å². The van der Waals surface area contributed by atoms with Crippen molar-refractivity contribution in [3.8, 4) is 0 Å². The number of allylic oxidation sites excluding steroid dienone is 2. The van der Waals surface area contributed by atoms with Crippen molar-refractivity contribution in [3.63, 3.8) is 0 Å². The molecule has 0 saturated carbocycles. The summed E-state index contributed by atoms with van der Waals surface area (Å²) in [6, 6.07) is 50.6. The molecule has 12 nitrogen and oxygen atoms in total. The SMILES string of the molecule is COCCOCCOCC(=O)Nc1ccc(Cl)c(C2=NC(c3ccccc3)=C(c3ccccc3)C2C2=C(c3ccccc3)C(c3ccccc3)=NC2c2cc(NC(=O)COCCOCCOC)ccc2Cl)c1. The number of rotatable bonds is 25. The number of carbonyl (C=O) groups is 2. The van der Waals surface area contributed by atoms with Gasteiger partial charge < -0.3 is 39.1 Å². The number of hydrogen-bond donors (Lipinski definition) is 2. The molecule has 0 aromatic heterocycles. The molecule has 6 aromatic rings. The molecule has 370 valence electrons. The van der Waals surface area contributed by atoms with Gasteiger partial charge in [-0.25, -0.2) is 0 Å². The molecule has 0 fully saturated rings. The summed E-state index contributed by atoms with van der Waals surface area (Å²) < 4.78 is 32.3. The number of carbonyl (C=O) groups excluding carboxylic acids is 2. The third-order valence-corrected chi connectivity index (χ3v) is 12.5. The lowest BCUT2D eigenvalue weighted by atomic mass is 9.74. The minimum Gasteiger partial charge on any atom is -0.382 e. The van der Waals surface area contributed by atoms with Gasteiger partial charge >= 0.3 is 0 Å². The second kappa shape index (κ2) is 26.2. The summed E-state index contributed by atoms with van der Waals surface area (Å²) in [7, 11) is 3.22. The highest BCUT2D eigenvalue weighted by atomic mass is 35.5. The number of aliphatic imine (C=N–C) groups is 2.